The molecule has 14 heavy (non-hydrogen) atoms. The predicted molar refractivity (Wildman–Crippen MR) is 53.5 cm³/mol. The Morgan fingerprint density at radius 3 is 2.79 bits per heavy atom. The molecule has 0 spiro atoms. The minimum atomic E-state index is -0.0579. The first-order valence-electron chi connectivity index (χ1n) is 4.12. The minimum Gasteiger partial charge on any atom is -0.331 e. The number of hydrogen-bond acceptors (Lipinski definition) is 4. The summed E-state index contributed by atoms with van der Waals surface area (Å²) in [6.07, 6.45) is 3.37. The molecular weight excluding hydrogens is 198 g/mol. The van der Waals surface area contributed by atoms with Gasteiger partial charge in [-0.25, -0.2) is 9.97 Å². The van der Waals surface area contributed by atoms with Crippen LogP contribution in [0.2, 0.25) is 0 Å². The maximum absolute atomic E-state index is 11.9. The zero-order valence-corrected chi connectivity index (χ0v) is 8.71. The standard InChI is InChI=1S/C9H9N3OS/c1-6-8(14-5-11-6)7(13)9-10-3-4-12(9)2/h3-5H,1-2H3. The van der Waals surface area contributed by atoms with Crippen molar-refractivity contribution in [1.29, 1.82) is 0 Å². The Labute approximate surface area is 85.2 Å². The van der Waals surface area contributed by atoms with Crippen LogP contribution in [0.15, 0.2) is 17.9 Å². The summed E-state index contributed by atoms with van der Waals surface area (Å²) >= 11 is 1.35. The second-order valence-electron chi connectivity index (χ2n) is 2.96. The van der Waals surface area contributed by atoms with Crippen molar-refractivity contribution in [2.24, 2.45) is 7.05 Å². The number of nitrogens with zero attached hydrogens (tertiary/aromatic N) is 3. The van der Waals surface area contributed by atoms with Crippen molar-refractivity contribution in [2.45, 2.75) is 6.92 Å². The molecule has 2 aromatic rings. The molecule has 0 bridgehead atoms. The second-order valence-corrected chi connectivity index (χ2v) is 3.81. The first-order valence-corrected chi connectivity index (χ1v) is 5.00. The molecule has 0 aliphatic carbocycles. The van der Waals surface area contributed by atoms with Crippen LogP contribution in [-0.4, -0.2) is 20.3 Å². The van der Waals surface area contributed by atoms with Crippen LogP contribution < -0.4 is 0 Å². The largest absolute Gasteiger partial charge is 0.331 e. The first-order chi connectivity index (χ1) is 6.70. The van der Waals surface area contributed by atoms with Gasteiger partial charge in [-0.2, -0.15) is 0 Å². The molecule has 72 valence electrons. The lowest BCUT2D eigenvalue weighted by molar-refractivity contribution is 0.102. The Morgan fingerprint density at radius 1 is 1.50 bits per heavy atom. The topological polar surface area (TPSA) is 47.8 Å². The highest BCUT2D eigenvalue weighted by atomic mass is 32.1. The van der Waals surface area contributed by atoms with Crippen LogP contribution in [0.25, 0.3) is 0 Å². The maximum atomic E-state index is 11.9. The summed E-state index contributed by atoms with van der Waals surface area (Å²) in [4.78, 5) is 20.6. The highest BCUT2D eigenvalue weighted by Gasteiger charge is 2.17. The van der Waals surface area contributed by atoms with Crippen LogP contribution in [0.3, 0.4) is 0 Å². The van der Waals surface area contributed by atoms with E-state index in [0.29, 0.717) is 10.7 Å². The molecular formula is C9H9N3OS. The number of ketones is 1. The van der Waals surface area contributed by atoms with Gasteiger partial charge in [0.05, 0.1) is 11.2 Å². The number of rotatable bonds is 2. The molecule has 0 saturated carbocycles. The van der Waals surface area contributed by atoms with Gasteiger partial charge in [-0.3, -0.25) is 4.79 Å². The van der Waals surface area contributed by atoms with Crippen molar-refractivity contribution in [1.82, 2.24) is 14.5 Å². The summed E-state index contributed by atoms with van der Waals surface area (Å²) in [5, 5.41) is 0. The average molecular weight is 207 g/mol. The highest BCUT2D eigenvalue weighted by Crippen LogP contribution is 2.16. The summed E-state index contributed by atoms with van der Waals surface area (Å²) in [7, 11) is 1.80. The average Bonchev–Trinajstić information content (AvgIpc) is 2.73. The predicted octanol–water partition coefficient (Wildman–Crippen LogP) is 1.42. The van der Waals surface area contributed by atoms with Gasteiger partial charge in [0, 0.05) is 19.4 Å². The van der Waals surface area contributed by atoms with Gasteiger partial charge in [-0.15, -0.1) is 11.3 Å². The molecule has 5 heteroatoms. The van der Waals surface area contributed by atoms with E-state index in [4.69, 9.17) is 0 Å². The lowest BCUT2D eigenvalue weighted by Crippen LogP contribution is -2.08. The Balaban J connectivity index is 2.44. The molecule has 4 nitrogen and oxygen atoms in total. The Bertz CT molecular complexity index is 430. The third-order valence-electron chi connectivity index (χ3n) is 1.98. The summed E-state index contributed by atoms with van der Waals surface area (Å²) in [5.74, 6) is 0.398. The van der Waals surface area contributed by atoms with E-state index in [2.05, 4.69) is 9.97 Å². The summed E-state index contributed by atoms with van der Waals surface area (Å²) < 4.78 is 1.71. The maximum Gasteiger partial charge on any atom is 0.240 e. The van der Waals surface area contributed by atoms with E-state index in [1.165, 1.54) is 11.3 Å². The van der Waals surface area contributed by atoms with Crippen molar-refractivity contribution in [3.05, 3.63) is 34.3 Å². The number of thiazole rings is 1. The zero-order valence-electron chi connectivity index (χ0n) is 7.89. The van der Waals surface area contributed by atoms with Crippen LogP contribution in [0, 0.1) is 6.92 Å². The van der Waals surface area contributed by atoms with Crippen LogP contribution in [0.5, 0.6) is 0 Å². The van der Waals surface area contributed by atoms with Crippen molar-refractivity contribution in [2.75, 3.05) is 0 Å². The highest BCUT2D eigenvalue weighted by molar-refractivity contribution is 7.12. The van der Waals surface area contributed by atoms with Crippen molar-refractivity contribution < 1.29 is 4.79 Å². The smallest absolute Gasteiger partial charge is 0.240 e. The number of aromatic nitrogens is 3. The molecule has 0 radical (unpaired) electrons. The summed E-state index contributed by atoms with van der Waals surface area (Å²) in [5.41, 5.74) is 2.44. The number of aryl methyl sites for hydroxylation is 2. The van der Waals surface area contributed by atoms with Crippen LogP contribution in [0.4, 0.5) is 0 Å². The molecule has 2 heterocycles. The monoisotopic (exact) mass is 207 g/mol. The van der Waals surface area contributed by atoms with Gasteiger partial charge in [-0.05, 0) is 6.92 Å². The SMILES string of the molecule is Cc1ncsc1C(=O)c1nccn1C. The molecule has 0 aromatic carbocycles. The van der Waals surface area contributed by atoms with E-state index in [9.17, 15) is 4.79 Å². The molecule has 0 fully saturated rings. The zero-order chi connectivity index (χ0) is 10.1. The Kier molecular flexibility index (Phi) is 2.17. The minimum absolute atomic E-state index is 0.0579. The van der Waals surface area contributed by atoms with Gasteiger partial charge >= 0.3 is 0 Å². The quantitative estimate of drug-likeness (QED) is 0.700. The van der Waals surface area contributed by atoms with E-state index in [1.807, 2.05) is 6.92 Å². The van der Waals surface area contributed by atoms with E-state index in [0.717, 1.165) is 5.69 Å². The van der Waals surface area contributed by atoms with E-state index < -0.39 is 0 Å². The van der Waals surface area contributed by atoms with E-state index in [1.54, 1.807) is 29.5 Å². The van der Waals surface area contributed by atoms with Gasteiger partial charge < -0.3 is 4.57 Å². The fraction of sp³-hybridized carbons (Fsp3) is 0.222. The number of carbonyl (C=O) groups is 1. The molecule has 0 saturated heterocycles. The molecule has 0 unspecified atom stereocenters. The Morgan fingerprint density at radius 2 is 2.29 bits per heavy atom. The molecule has 0 atom stereocenters. The molecule has 2 aromatic heterocycles. The first kappa shape index (κ1) is 9.08. The number of hydrogen-bond donors (Lipinski definition) is 0. The molecule has 0 amide bonds. The van der Waals surface area contributed by atoms with E-state index in [-0.39, 0.29) is 5.78 Å². The van der Waals surface area contributed by atoms with Gasteiger partial charge in [0.1, 0.15) is 4.88 Å². The second kappa shape index (κ2) is 3.34. The van der Waals surface area contributed by atoms with Gasteiger partial charge in [0.2, 0.25) is 5.78 Å². The lowest BCUT2D eigenvalue weighted by atomic mass is 10.2. The third kappa shape index (κ3) is 1.35. The van der Waals surface area contributed by atoms with Crippen molar-refractivity contribution in [3.8, 4) is 0 Å². The summed E-state index contributed by atoms with van der Waals surface area (Å²) in [6, 6.07) is 0. The molecule has 0 N–H and O–H groups in total. The van der Waals surface area contributed by atoms with Crippen LogP contribution >= 0.6 is 11.3 Å². The lowest BCUT2D eigenvalue weighted by Gasteiger charge is -1.98. The molecule has 0 aliphatic rings. The van der Waals surface area contributed by atoms with Gasteiger partial charge in [0.25, 0.3) is 0 Å². The third-order valence-corrected chi connectivity index (χ3v) is 2.90. The normalized spacial score (nSPS) is 10.4. The Hall–Kier alpha value is -1.49. The summed E-state index contributed by atoms with van der Waals surface area (Å²) in [6.45, 7) is 1.83. The number of carbonyl (C=O) groups excluding carboxylic acids is 1. The van der Waals surface area contributed by atoms with Gasteiger partial charge in [0.15, 0.2) is 5.82 Å². The van der Waals surface area contributed by atoms with Crippen molar-refractivity contribution >= 4 is 17.1 Å². The van der Waals surface area contributed by atoms with Crippen LogP contribution in [0.1, 0.15) is 21.2 Å². The van der Waals surface area contributed by atoms with Gasteiger partial charge in [-0.1, -0.05) is 0 Å². The fourth-order valence-corrected chi connectivity index (χ4v) is 1.94. The molecule has 2 rings (SSSR count). The number of imidazole rings is 1. The molecule has 0 aliphatic heterocycles. The van der Waals surface area contributed by atoms with Crippen LogP contribution in [-0.2, 0) is 7.05 Å². The van der Waals surface area contributed by atoms with E-state index >= 15 is 0 Å². The fourth-order valence-electron chi connectivity index (χ4n) is 1.21. The van der Waals surface area contributed by atoms with Crippen molar-refractivity contribution in [3.63, 3.8) is 0 Å².